The van der Waals surface area contributed by atoms with Crippen molar-refractivity contribution in [2.45, 2.75) is 18.9 Å². The summed E-state index contributed by atoms with van der Waals surface area (Å²) in [5, 5.41) is 3.38. The van der Waals surface area contributed by atoms with Crippen molar-refractivity contribution < 1.29 is 4.79 Å². The van der Waals surface area contributed by atoms with Crippen LogP contribution in [0.15, 0.2) is 30.3 Å². The molecule has 0 saturated carbocycles. The first kappa shape index (κ1) is 9.85. The van der Waals surface area contributed by atoms with Gasteiger partial charge in [0.15, 0.2) is 0 Å². The van der Waals surface area contributed by atoms with E-state index in [4.69, 9.17) is 0 Å². The molecular weight excluding hydrogens is 200 g/mol. The molecular formula is C13H16N2O. The minimum atomic E-state index is 0.282. The maximum Gasteiger partial charge on any atom is 0.227 e. The van der Waals surface area contributed by atoms with Gasteiger partial charge in [-0.3, -0.25) is 4.79 Å². The van der Waals surface area contributed by atoms with E-state index in [1.54, 1.807) is 0 Å². The second kappa shape index (κ2) is 3.91. The fraction of sp³-hybridized carbons (Fsp3) is 0.462. The third kappa shape index (κ3) is 1.52. The zero-order chi connectivity index (χ0) is 11.0. The van der Waals surface area contributed by atoms with E-state index in [1.807, 2.05) is 35.2 Å². The minimum Gasteiger partial charge on any atom is -0.315 e. The van der Waals surface area contributed by atoms with E-state index in [2.05, 4.69) is 5.32 Å². The predicted octanol–water partition coefficient (Wildman–Crippen LogP) is 1.40. The van der Waals surface area contributed by atoms with E-state index in [0.717, 1.165) is 31.6 Å². The Balaban J connectivity index is 1.91. The standard InChI is InChI=1S/C13H16N2O/c16-13-8-10-6-7-14-9-12(10)15(13)11-4-2-1-3-5-11/h1-5,10,12,14H,6-9H2. The summed E-state index contributed by atoms with van der Waals surface area (Å²) in [5.41, 5.74) is 1.05. The highest BCUT2D eigenvalue weighted by molar-refractivity contribution is 5.96. The summed E-state index contributed by atoms with van der Waals surface area (Å²) in [4.78, 5) is 14.0. The number of carbonyl (C=O) groups is 1. The number of fused-ring (bicyclic) bond motifs is 1. The Morgan fingerprint density at radius 3 is 2.88 bits per heavy atom. The SMILES string of the molecule is O=C1CC2CCNCC2N1c1ccccc1. The van der Waals surface area contributed by atoms with Crippen LogP contribution in [0.4, 0.5) is 5.69 Å². The zero-order valence-corrected chi connectivity index (χ0v) is 9.23. The van der Waals surface area contributed by atoms with Gasteiger partial charge in [0.1, 0.15) is 0 Å². The summed E-state index contributed by atoms with van der Waals surface area (Å²) >= 11 is 0. The van der Waals surface area contributed by atoms with Crippen molar-refractivity contribution in [1.82, 2.24) is 5.32 Å². The van der Waals surface area contributed by atoms with Crippen LogP contribution in [0.2, 0.25) is 0 Å². The molecule has 3 heteroatoms. The normalized spacial score (nSPS) is 29.2. The van der Waals surface area contributed by atoms with Crippen molar-refractivity contribution in [3.63, 3.8) is 0 Å². The highest BCUT2D eigenvalue weighted by atomic mass is 16.2. The van der Waals surface area contributed by atoms with Crippen molar-refractivity contribution in [2.24, 2.45) is 5.92 Å². The van der Waals surface area contributed by atoms with Gasteiger partial charge in [-0.1, -0.05) is 18.2 Å². The third-order valence-electron chi connectivity index (χ3n) is 3.66. The molecule has 2 unspecified atom stereocenters. The summed E-state index contributed by atoms with van der Waals surface area (Å²) in [6, 6.07) is 10.4. The first-order chi connectivity index (χ1) is 7.86. The Kier molecular flexibility index (Phi) is 2.40. The number of nitrogens with zero attached hydrogens (tertiary/aromatic N) is 1. The van der Waals surface area contributed by atoms with Gasteiger partial charge >= 0.3 is 0 Å². The quantitative estimate of drug-likeness (QED) is 0.769. The Labute approximate surface area is 95.4 Å². The van der Waals surface area contributed by atoms with Crippen LogP contribution in [0, 0.1) is 5.92 Å². The molecule has 1 aromatic rings. The highest BCUT2D eigenvalue weighted by Crippen LogP contribution is 2.33. The smallest absolute Gasteiger partial charge is 0.227 e. The topological polar surface area (TPSA) is 32.3 Å². The number of hydrogen-bond acceptors (Lipinski definition) is 2. The van der Waals surface area contributed by atoms with Gasteiger partial charge in [0.05, 0.1) is 6.04 Å². The van der Waals surface area contributed by atoms with E-state index >= 15 is 0 Å². The van der Waals surface area contributed by atoms with Crippen LogP contribution < -0.4 is 10.2 Å². The number of carbonyl (C=O) groups excluding carboxylic acids is 1. The molecule has 0 spiro atoms. The van der Waals surface area contributed by atoms with E-state index < -0.39 is 0 Å². The van der Waals surface area contributed by atoms with Gasteiger partial charge in [-0.15, -0.1) is 0 Å². The Hall–Kier alpha value is -1.35. The van der Waals surface area contributed by atoms with E-state index in [0.29, 0.717) is 12.0 Å². The van der Waals surface area contributed by atoms with Gasteiger partial charge in [-0.05, 0) is 31.0 Å². The van der Waals surface area contributed by atoms with Crippen molar-refractivity contribution in [1.29, 1.82) is 0 Å². The van der Waals surface area contributed by atoms with Crippen LogP contribution in [-0.4, -0.2) is 25.0 Å². The average molecular weight is 216 g/mol. The molecule has 0 radical (unpaired) electrons. The number of nitrogens with one attached hydrogen (secondary N) is 1. The molecule has 16 heavy (non-hydrogen) atoms. The molecule has 2 heterocycles. The maximum absolute atomic E-state index is 12.0. The summed E-state index contributed by atoms with van der Waals surface area (Å²) < 4.78 is 0. The highest BCUT2D eigenvalue weighted by Gasteiger charge is 2.41. The minimum absolute atomic E-state index is 0.282. The van der Waals surface area contributed by atoms with E-state index in [9.17, 15) is 4.79 Å². The van der Waals surface area contributed by atoms with E-state index in [1.165, 1.54) is 0 Å². The van der Waals surface area contributed by atoms with Crippen LogP contribution in [-0.2, 0) is 4.79 Å². The van der Waals surface area contributed by atoms with Gasteiger partial charge in [0.2, 0.25) is 5.91 Å². The summed E-state index contributed by atoms with van der Waals surface area (Å²) in [6.45, 7) is 1.99. The molecule has 1 amide bonds. The number of benzene rings is 1. The molecule has 0 bridgehead atoms. The number of piperidine rings is 1. The lowest BCUT2D eigenvalue weighted by Crippen LogP contribution is -2.46. The van der Waals surface area contributed by atoms with E-state index in [-0.39, 0.29) is 5.91 Å². The fourth-order valence-corrected chi connectivity index (χ4v) is 2.87. The van der Waals surface area contributed by atoms with Crippen LogP contribution in [0.5, 0.6) is 0 Å². The lowest BCUT2D eigenvalue weighted by atomic mass is 9.93. The second-order valence-electron chi connectivity index (χ2n) is 4.62. The van der Waals surface area contributed by atoms with Crippen molar-refractivity contribution in [2.75, 3.05) is 18.0 Å². The molecule has 3 nitrogen and oxygen atoms in total. The summed E-state index contributed by atoms with van der Waals surface area (Å²) in [6.07, 6.45) is 1.85. The monoisotopic (exact) mass is 216 g/mol. The van der Waals surface area contributed by atoms with Crippen LogP contribution in [0.3, 0.4) is 0 Å². The summed E-state index contributed by atoms with van der Waals surface area (Å²) in [7, 11) is 0. The van der Waals surface area contributed by atoms with Gasteiger partial charge in [-0.25, -0.2) is 0 Å². The molecule has 2 aliphatic heterocycles. The molecule has 1 N–H and O–H groups in total. The first-order valence-corrected chi connectivity index (χ1v) is 5.94. The molecule has 0 aromatic heterocycles. The number of hydrogen-bond donors (Lipinski definition) is 1. The van der Waals surface area contributed by atoms with Crippen molar-refractivity contribution in [3.05, 3.63) is 30.3 Å². The Bertz CT molecular complexity index is 390. The number of rotatable bonds is 1. The third-order valence-corrected chi connectivity index (χ3v) is 3.66. The Morgan fingerprint density at radius 2 is 2.06 bits per heavy atom. The molecule has 2 aliphatic rings. The van der Waals surface area contributed by atoms with Crippen molar-refractivity contribution in [3.8, 4) is 0 Å². The molecule has 3 rings (SSSR count). The average Bonchev–Trinajstić information content (AvgIpc) is 2.66. The molecule has 0 aliphatic carbocycles. The Morgan fingerprint density at radius 1 is 1.25 bits per heavy atom. The number of para-hydroxylation sites is 1. The predicted molar refractivity (Wildman–Crippen MR) is 63.3 cm³/mol. The van der Waals surface area contributed by atoms with Gasteiger partial charge in [0.25, 0.3) is 0 Å². The van der Waals surface area contributed by atoms with Crippen LogP contribution in [0.1, 0.15) is 12.8 Å². The largest absolute Gasteiger partial charge is 0.315 e. The second-order valence-corrected chi connectivity index (χ2v) is 4.62. The van der Waals surface area contributed by atoms with Crippen LogP contribution >= 0.6 is 0 Å². The van der Waals surface area contributed by atoms with Gasteiger partial charge in [0, 0.05) is 18.7 Å². The first-order valence-electron chi connectivity index (χ1n) is 5.94. The molecule has 2 atom stereocenters. The lowest BCUT2D eigenvalue weighted by Gasteiger charge is -2.32. The fourth-order valence-electron chi connectivity index (χ4n) is 2.87. The molecule has 84 valence electrons. The van der Waals surface area contributed by atoms with Gasteiger partial charge in [-0.2, -0.15) is 0 Å². The zero-order valence-electron chi connectivity index (χ0n) is 9.23. The molecule has 2 fully saturated rings. The van der Waals surface area contributed by atoms with Crippen molar-refractivity contribution >= 4 is 11.6 Å². The lowest BCUT2D eigenvalue weighted by molar-refractivity contribution is -0.117. The number of amides is 1. The molecule has 2 saturated heterocycles. The molecule has 1 aromatic carbocycles. The van der Waals surface area contributed by atoms with Gasteiger partial charge < -0.3 is 10.2 Å². The van der Waals surface area contributed by atoms with Crippen LogP contribution in [0.25, 0.3) is 0 Å². The summed E-state index contributed by atoms with van der Waals surface area (Å²) in [5.74, 6) is 0.832. The number of anilines is 1. The maximum atomic E-state index is 12.0.